The number of nitrogens with zero attached hydrogens (tertiary/aromatic N) is 2. The van der Waals surface area contributed by atoms with Crippen LogP contribution in [-0.2, 0) is 5.75 Å². The van der Waals surface area contributed by atoms with Crippen LogP contribution >= 0.6 is 23.4 Å². The fourth-order valence-corrected chi connectivity index (χ4v) is 4.09. The van der Waals surface area contributed by atoms with Crippen molar-refractivity contribution in [1.29, 1.82) is 5.26 Å². The van der Waals surface area contributed by atoms with E-state index < -0.39 is 0 Å². The second-order valence-electron chi connectivity index (χ2n) is 6.53. The largest absolute Gasteiger partial charge is 0.241 e. The molecule has 29 heavy (non-hydrogen) atoms. The molecule has 0 aliphatic carbocycles. The number of benzene rings is 3. The lowest BCUT2D eigenvalue weighted by Crippen LogP contribution is -1.91. The SMILES string of the molecule is N#CC(=Cc1cc2ccccc2nc1SCc1ccc(Cl)cc1)c1ccccc1. The molecule has 3 aromatic carbocycles. The van der Waals surface area contributed by atoms with Crippen LogP contribution in [0.5, 0.6) is 0 Å². The Morgan fingerprint density at radius 1 is 0.966 bits per heavy atom. The van der Waals surface area contributed by atoms with Crippen LogP contribution in [0.4, 0.5) is 0 Å². The summed E-state index contributed by atoms with van der Waals surface area (Å²) in [5.41, 5.74) is 4.59. The number of allylic oxidation sites excluding steroid dienone is 1. The molecule has 0 radical (unpaired) electrons. The minimum Gasteiger partial charge on any atom is -0.241 e. The molecule has 0 saturated heterocycles. The van der Waals surface area contributed by atoms with Gasteiger partial charge in [-0.25, -0.2) is 4.98 Å². The smallest absolute Gasteiger partial charge is 0.104 e. The average Bonchev–Trinajstić information content (AvgIpc) is 2.77. The quantitative estimate of drug-likeness (QED) is 0.256. The summed E-state index contributed by atoms with van der Waals surface area (Å²) in [5.74, 6) is 0.774. The topological polar surface area (TPSA) is 36.7 Å². The van der Waals surface area contributed by atoms with Crippen LogP contribution in [0, 0.1) is 11.3 Å². The van der Waals surface area contributed by atoms with Gasteiger partial charge < -0.3 is 0 Å². The minimum atomic E-state index is 0.621. The van der Waals surface area contributed by atoms with Crippen LogP contribution in [0.15, 0.2) is 90.0 Å². The summed E-state index contributed by atoms with van der Waals surface area (Å²) in [6.07, 6.45) is 1.93. The van der Waals surface area contributed by atoms with Gasteiger partial charge in [0.15, 0.2) is 0 Å². The monoisotopic (exact) mass is 412 g/mol. The van der Waals surface area contributed by atoms with E-state index in [1.54, 1.807) is 11.8 Å². The Kier molecular flexibility index (Phi) is 5.95. The van der Waals surface area contributed by atoms with Crippen LogP contribution in [0.2, 0.25) is 5.02 Å². The number of aromatic nitrogens is 1. The molecule has 0 aliphatic rings. The molecule has 4 aromatic rings. The molecule has 0 unspecified atom stereocenters. The molecular weight excluding hydrogens is 396 g/mol. The third-order valence-electron chi connectivity index (χ3n) is 4.51. The molecule has 0 amide bonds. The molecule has 0 fully saturated rings. The Morgan fingerprint density at radius 3 is 2.45 bits per heavy atom. The van der Waals surface area contributed by atoms with E-state index in [-0.39, 0.29) is 0 Å². The number of para-hydroxylation sites is 1. The number of thioether (sulfide) groups is 1. The molecule has 0 N–H and O–H groups in total. The molecule has 0 aliphatic heterocycles. The van der Waals surface area contributed by atoms with Crippen LogP contribution < -0.4 is 0 Å². The van der Waals surface area contributed by atoms with Crippen molar-refractivity contribution in [2.24, 2.45) is 0 Å². The molecule has 0 atom stereocenters. The minimum absolute atomic E-state index is 0.621. The summed E-state index contributed by atoms with van der Waals surface area (Å²) < 4.78 is 0. The fourth-order valence-electron chi connectivity index (χ4n) is 3.02. The Hall–Kier alpha value is -3.06. The number of hydrogen-bond donors (Lipinski definition) is 0. The van der Waals surface area contributed by atoms with Crippen molar-refractivity contribution >= 4 is 45.9 Å². The van der Waals surface area contributed by atoms with Crippen molar-refractivity contribution in [3.05, 3.63) is 107 Å². The predicted octanol–water partition coefficient (Wildman–Crippen LogP) is 7.24. The van der Waals surface area contributed by atoms with Crippen LogP contribution in [-0.4, -0.2) is 4.98 Å². The molecule has 1 heterocycles. The number of rotatable bonds is 5. The zero-order valence-electron chi connectivity index (χ0n) is 15.5. The van der Waals surface area contributed by atoms with Gasteiger partial charge in [-0.3, -0.25) is 0 Å². The Labute approximate surface area is 179 Å². The number of nitriles is 1. The highest BCUT2D eigenvalue weighted by atomic mass is 35.5. The first-order valence-corrected chi connectivity index (χ1v) is 10.5. The first-order valence-electron chi connectivity index (χ1n) is 9.17. The van der Waals surface area contributed by atoms with E-state index >= 15 is 0 Å². The lowest BCUT2D eigenvalue weighted by atomic mass is 10.0. The Morgan fingerprint density at radius 2 is 1.69 bits per heavy atom. The highest BCUT2D eigenvalue weighted by Crippen LogP contribution is 2.31. The van der Waals surface area contributed by atoms with Crippen LogP contribution in [0.1, 0.15) is 16.7 Å². The number of pyridine rings is 1. The maximum absolute atomic E-state index is 9.72. The second kappa shape index (κ2) is 8.96. The van der Waals surface area contributed by atoms with Gasteiger partial charge in [0.25, 0.3) is 0 Å². The van der Waals surface area contributed by atoms with E-state index in [0.29, 0.717) is 5.57 Å². The van der Waals surface area contributed by atoms with E-state index in [1.807, 2.05) is 84.9 Å². The van der Waals surface area contributed by atoms with Gasteiger partial charge in [-0.2, -0.15) is 5.26 Å². The first-order chi connectivity index (χ1) is 14.2. The Bertz CT molecular complexity index is 1210. The molecular formula is C25H17ClN2S. The van der Waals surface area contributed by atoms with Gasteiger partial charge in [-0.05, 0) is 41.5 Å². The van der Waals surface area contributed by atoms with E-state index in [1.165, 1.54) is 5.56 Å². The lowest BCUT2D eigenvalue weighted by molar-refractivity contribution is 1.17. The summed E-state index contributed by atoms with van der Waals surface area (Å²) in [7, 11) is 0. The molecule has 0 saturated carbocycles. The normalized spacial score (nSPS) is 11.4. The van der Waals surface area contributed by atoms with Crippen molar-refractivity contribution < 1.29 is 0 Å². The standard InChI is InChI=1S/C25H17ClN2S/c26-23-12-10-18(11-13-23)17-29-25-21(14-20-8-4-5-9-24(20)28-25)15-22(16-27)19-6-2-1-3-7-19/h1-15H,17H2. The lowest BCUT2D eigenvalue weighted by Gasteiger charge is -2.09. The number of hydrogen-bond acceptors (Lipinski definition) is 3. The van der Waals surface area contributed by atoms with Gasteiger partial charge in [-0.1, -0.05) is 72.3 Å². The van der Waals surface area contributed by atoms with Gasteiger partial charge in [0.2, 0.25) is 0 Å². The van der Waals surface area contributed by atoms with Gasteiger partial charge in [0, 0.05) is 21.7 Å². The van der Waals surface area contributed by atoms with Crippen molar-refractivity contribution in [2.75, 3.05) is 0 Å². The van der Waals surface area contributed by atoms with Gasteiger partial charge >= 0.3 is 0 Å². The van der Waals surface area contributed by atoms with Gasteiger partial charge in [-0.15, -0.1) is 11.8 Å². The van der Waals surface area contributed by atoms with E-state index in [4.69, 9.17) is 16.6 Å². The maximum Gasteiger partial charge on any atom is 0.104 e. The molecule has 0 bridgehead atoms. The highest BCUT2D eigenvalue weighted by molar-refractivity contribution is 7.98. The van der Waals surface area contributed by atoms with Crippen molar-refractivity contribution in [3.8, 4) is 6.07 Å². The zero-order valence-corrected chi connectivity index (χ0v) is 17.1. The van der Waals surface area contributed by atoms with E-state index in [0.717, 1.165) is 37.8 Å². The van der Waals surface area contributed by atoms with E-state index in [9.17, 15) is 5.26 Å². The fraction of sp³-hybridized carbons (Fsp3) is 0.0400. The summed E-state index contributed by atoms with van der Waals surface area (Å²) in [4.78, 5) is 4.87. The molecule has 4 heteroatoms. The van der Waals surface area contributed by atoms with Crippen LogP contribution in [0.25, 0.3) is 22.6 Å². The van der Waals surface area contributed by atoms with Crippen molar-refractivity contribution in [1.82, 2.24) is 4.98 Å². The van der Waals surface area contributed by atoms with Gasteiger partial charge in [0.05, 0.1) is 17.2 Å². The zero-order chi connectivity index (χ0) is 20.1. The second-order valence-corrected chi connectivity index (χ2v) is 7.93. The molecule has 4 rings (SSSR count). The van der Waals surface area contributed by atoms with Crippen molar-refractivity contribution in [2.45, 2.75) is 10.8 Å². The summed E-state index contributed by atoms with van der Waals surface area (Å²) in [6, 6.07) is 30.0. The third-order valence-corrected chi connectivity index (χ3v) is 5.84. The average molecular weight is 413 g/mol. The van der Waals surface area contributed by atoms with Crippen molar-refractivity contribution in [3.63, 3.8) is 0 Å². The number of fused-ring (bicyclic) bond motifs is 1. The maximum atomic E-state index is 9.72. The predicted molar refractivity (Wildman–Crippen MR) is 123 cm³/mol. The third kappa shape index (κ3) is 4.68. The van der Waals surface area contributed by atoms with E-state index in [2.05, 4.69) is 12.1 Å². The van der Waals surface area contributed by atoms with Gasteiger partial charge in [0.1, 0.15) is 5.03 Å². The molecule has 1 aromatic heterocycles. The summed E-state index contributed by atoms with van der Waals surface area (Å²) in [6.45, 7) is 0. The number of halogens is 1. The Balaban J connectivity index is 1.74. The first kappa shape index (κ1) is 19.3. The molecule has 0 spiro atoms. The summed E-state index contributed by atoms with van der Waals surface area (Å²) >= 11 is 7.65. The molecule has 140 valence electrons. The molecule has 2 nitrogen and oxygen atoms in total. The highest BCUT2D eigenvalue weighted by Gasteiger charge is 2.09. The van der Waals surface area contributed by atoms with Crippen LogP contribution in [0.3, 0.4) is 0 Å². The summed E-state index contributed by atoms with van der Waals surface area (Å²) in [5, 5.41) is 12.4.